The fourth-order valence-electron chi connectivity index (χ4n) is 3.67. The van der Waals surface area contributed by atoms with E-state index in [2.05, 4.69) is 10.2 Å². The van der Waals surface area contributed by atoms with Crippen LogP contribution in [0.1, 0.15) is 18.4 Å². The third kappa shape index (κ3) is 13.4. The summed E-state index contributed by atoms with van der Waals surface area (Å²) < 4.78 is 31.7. The zero-order chi connectivity index (χ0) is 29.8. The Bertz CT molecular complexity index is 954. The third-order valence-corrected chi connectivity index (χ3v) is 5.94. The summed E-state index contributed by atoms with van der Waals surface area (Å²) in [6.45, 7) is 4.72. The topological polar surface area (TPSA) is 140 Å². The number of alkyl halides is 3. The minimum atomic E-state index is -5.08. The van der Waals surface area contributed by atoms with Crippen LogP contribution >= 0.6 is 0 Å². The maximum Gasteiger partial charge on any atom is 0.490 e. The number of carbonyl (C=O) groups is 4. The number of likely N-dealkylation sites (tertiary alicyclic amines) is 1. The highest BCUT2D eigenvalue weighted by Crippen LogP contribution is 2.20. The molecular weight excluding hydrogens is 521 g/mol. The van der Waals surface area contributed by atoms with Gasteiger partial charge in [-0.1, -0.05) is 12.1 Å². The molecule has 1 fully saturated rings. The summed E-state index contributed by atoms with van der Waals surface area (Å²) in [5.74, 6) is -4.16. The summed E-state index contributed by atoms with van der Waals surface area (Å²) in [5, 5.41) is 9.89. The van der Waals surface area contributed by atoms with E-state index in [0.717, 1.165) is 38.0 Å². The number of hydrogen-bond acceptors (Lipinski definition) is 7. The standard InChI is InChI=1S/C23H38N6O3.C2HF3O2/c1-26(2)12-14-29(15-13-27(3)4)23(32)22(31)25-20-7-5-6-18(16-20)17-28-10-8-19(9-11-28)21(24)30;3-2(4,5)1(6)7/h5-7,16,19H,8-15,17H2,1-4H3,(H2,24,30)(H,25,31);(H,6,7). The molecule has 0 atom stereocenters. The Labute approximate surface area is 226 Å². The van der Waals surface area contributed by atoms with Gasteiger partial charge in [-0.2, -0.15) is 13.2 Å². The summed E-state index contributed by atoms with van der Waals surface area (Å²) in [7, 11) is 7.76. The van der Waals surface area contributed by atoms with Crippen LogP contribution in [0, 0.1) is 5.92 Å². The molecule has 0 aromatic heterocycles. The van der Waals surface area contributed by atoms with Gasteiger partial charge in [-0.15, -0.1) is 0 Å². The molecule has 1 aliphatic rings. The van der Waals surface area contributed by atoms with Crippen LogP contribution in [0.5, 0.6) is 0 Å². The molecule has 0 unspecified atom stereocenters. The van der Waals surface area contributed by atoms with E-state index in [1.165, 1.54) is 0 Å². The number of aliphatic carboxylic acids is 1. The fourth-order valence-corrected chi connectivity index (χ4v) is 3.67. The number of likely N-dealkylation sites (N-methyl/N-ethyl adjacent to an activating group) is 2. The molecular formula is C25H39F3N6O5. The number of nitrogens with one attached hydrogen (secondary N) is 1. The molecule has 14 heteroatoms. The summed E-state index contributed by atoms with van der Waals surface area (Å²) in [4.78, 5) is 53.5. The summed E-state index contributed by atoms with van der Waals surface area (Å²) >= 11 is 0. The second kappa shape index (κ2) is 16.0. The van der Waals surface area contributed by atoms with Crippen molar-refractivity contribution in [3.05, 3.63) is 29.8 Å². The van der Waals surface area contributed by atoms with Crippen molar-refractivity contribution in [2.75, 3.05) is 72.8 Å². The molecule has 39 heavy (non-hydrogen) atoms. The van der Waals surface area contributed by atoms with E-state index in [1.54, 1.807) is 11.0 Å². The van der Waals surface area contributed by atoms with Crippen LogP contribution < -0.4 is 11.1 Å². The van der Waals surface area contributed by atoms with Gasteiger partial charge in [0.25, 0.3) is 0 Å². The molecule has 4 N–H and O–H groups in total. The van der Waals surface area contributed by atoms with Crippen molar-refractivity contribution in [1.29, 1.82) is 0 Å². The maximum atomic E-state index is 12.8. The van der Waals surface area contributed by atoms with Gasteiger partial charge >= 0.3 is 24.0 Å². The fraction of sp³-hybridized carbons (Fsp3) is 0.600. The van der Waals surface area contributed by atoms with Crippen molar-refractivity contribution in [2.24, 2.45) is 11.7 Å². The van der Waals surface area contributed by atoms with Crippen molar-refractivity contribution in [3.63, 3.8) is 0 Å². The highest BCUT2D eigenvalue weighted by Gasteiger charge is 2.38. The number of carboxylic acid groups (broad SMARTS) is 1. The largest absolute Gasteiger partial charge is 0.490 e. The smallest absolute Gasteiger partial charge is 0.475 e. The number of primary amides is 1. The molecule has 220 valence electrons. The zero-order valence-electron chi connectivity index (χ0n) is 22.8. The normalized spacial score (nSPS) is 14.5. The average molecular weight is 561 g/mol. The number of carbonyl (C=O) groups excluding carboxylic acids is 3. The van der Waals surface area contributed by atoms with E-state index in [4.69, 9.17) is 15.6 Å². The van der Waals surface area contributed by atoms with Crippen LogP contribution in [0.2, 0.25) is 0 Å². The lowest BCUT2D eigenvalue weighted by Crippen LogP contribution is -2.45. The number of amides is 3. The number of rotatable bonds is 10. The van der Waals surface area contributed by atoms with Gasteiger partial charge in [0, 0.05) is 44.3 Å². The van der Waals surface area contributed by atoms with Crippen molar-refractivity contribution in [3.8, 4) is 0 Å². The summed E-state index contributed by atoms with van der Waals surface area (Å²) in [6, 6.07) is 7.56. The van der Waals surface area contributed by atoms with Gasteiger partial charge in [0.2, 0.25) is 5.91 Å². The minimum Gasteiger partial charge on any atom is -0.475 e. The predicted molar refractivity (Wildman–Crippen MR) is 140 cm³/mol. The molecule has 0 aliphatic carbocycles. The van der Waals surface area contributed by atoms with Crippen LogP contribution in [0.25, 0.3) is 0 Å². The van der Waals surface area contributed by atoms with E-state index < -0.39 is 24.0 Å². The molecule has 1 heterocycles. The summed E-state index contributed by atoms with van der Waals surface area (Å²) in [6.07, 6.45) is -3.54. The number of carboxylic acids is 1. The number of nitrogens with two attached hydrogens (primary N) is 1. The Balaban J connectivity index is 0.000000956. The first kappa shape index (κ1) is 33.8. The maximum absolute atomic E-state index is 12.8. The van der Waals surface area contributed by atoms with Gasteiger partial charge in [-0.25, -0.2) is 4.79 Å². The molecule has 1 aliphatic heterocycles. The number of piperidine rings is 1. The first-order chi connectivity index (χ1) is 18.1. The molecule has 0 spiro atoms. The molecule has 0 saturated carbocycles. The number of halogens is 3. The van der Waals surface area contributed by atoms with Gasteiger partial charge in [-0.3, -0.25) is 19.3 Å². The lowest BCUT2D eigenvalue weighted by Gasteiger charge is -2.30. The second-order valence-electron chi connectivity index (χ2n) is 9.81. The number of benzene rings is 1. The van der Waals surface area contributed by atoms with E-state index >= 15 is 0 Å². The van der Waals surface area contributed by atoms with Gasteiger partial charge in [0.15, 0.2) is 0 Å². The number of anilines is 1. The van der Waals surface area contributed by atoms with E-state index in [1.807, 2.05) is 56.2 Å². The van der Waals surface area contributed by atoms with E-state index in [0.29, 0.717) is 31.9 Å². The lowest BCUT2D eigenvalue weighted by molar-refractivity contribution is -0.192. The Morgan fingerprint density at radius 3 is 1.95 bits per heavy atom. The Morgan fingerprint density at radius 1 is 1.00 bits per heavy atom. The highest BCUT2D eigenvalue weighted by molar-refractivity contribution is 6.39. The molecule has 11 nitrogen and oxygen atoms in total. The first-order valence-electron chi connectivity index (χ1n) is 12.4. The van der Waals surface area contributed by atoms with Crippen molar-refractivity contribution < 1.29 is 37.5 Å². The molecule has 1 saturated heterocycles. The Hall–Kier alpha value is -3.23. The van der Waals surface area contributed by atoms with Crippen LogP contribution in [-0.2, 0) is 25.7 Å². The Morgan fingerprint density at radius 2 is 1.51 bits per heavy atom. The number of hydrogen-bond donors (Lipinski definition) is 3. The monoisotopic (exact) mass is 560 g/mol. The van der Waals surface area contributed by atoms with Crippen molar-refractivity contribution in [2.45, 2.75) is 25.6 Å². The number of nitrogens with zero attached hydrogens (tertiary/aromatic N) is 4. The van der Waals surface area contributed by atoms with Crippen LogP contribution in [-0.4, -0.2) is 122 Å². The average Bonchev–Trinajstić information content (AvgIpc) is 2.83. The van der Waals surface area contributed by atoms with Crippen molar-refractivity contribution in [1.82, 2.24) is 19.6 Å². The molecule has 0 radical (unpaired) electrons. The molecule has 1 aromatic rings. The van der Waals surface area contributed by atoms with E-state index in [-0.39, 0.29) is 11.8 Å². The first-order valence-corrected chi connectivity index (χ1v) is 12.4. The molecule has 2 rings (SSSR count). The summed E-state index contributed by atoms with van der Waals surface area (Å²) in [5.41, 5.74) is 7.06. The van der Waals surface area contributed by atoms with Gasteiger partial charge < -0.3 is 30.9 Å². The van der Waals surface area contributed by atoms with Crippen molar-refractivity contribution >= 4 is 29.4 Å². The predicted octanol–water partition coefficient (Wildman–Crippen LogP) is 0.908. The van der Waals surface area contributed by atoms with Crippen LogP contribution in [0.4, 0.5) is 18.9 Å². The molecule has 0 bridgehead atoms. The van der Waals surface area contributed by atoms with Gasteiger partial charge in [0.1, 0.15) is 0 Å². The Kier molecular flexibility index (Phi) is 13.9. The highest BCUT2D eigenvalue weighted by atomic mass is 19.4. The van der Waals surface area contributed by atoms with Gasteiger partial charge in [0.05, 0.1) is 0 Å². The third-order valence-electron chi connectivity index (χ3n) is 5.94. The quantitative estimate of drug-likeness (QED) is 0.359. The van der Waals surface area contributed by atoms with Gasteiger partial charge in [-0.05, 0) is 71.8 Å². The van der Waals surface area contributed by atoms with Crippen LogP contribution in [0.15, 0.2) is 24.3 Å². The molecule has 3 amide bonds. The van der Waals surface area contributed by atoms with E-state index in [9.17, 15) is 27.6 Å². The lowest BCUT2D eigenvalue weighted by atomic mass is 9.96. The molecule has 1 aromatic carbocycles. The van der Waals surface area contributed by atoms with Crippen LogP contribution in [0.3, 0.4) is 0 Å². The zero-order valence-corrected chi connectivity index (χ0v) is 22.8. The SMILES string of the molecule is CN(C)CCN(CCN(C)C)C(=O)C(=O)Nc1cccc(CN2CCC(C(N)=O)CC2)c1.O=C(O)C(F)(F)F. The minimum absolute atomic E-state index is 0.0363. The second-order valence-corrected chi connectivity index (χ2v) is 9.81.